The van der Waals surface area contributed by atoms with E-state index >= 15 is 0 Å². The van der Waals surface area contributed by atoms with Crippen LogP contribution in [-0.4, -0.2) is 51.9 Å². The zero-order chi connectivity index (χ0) is 21.9. The van der Waals surface area contributed by atoms with E-state index in [1.807, 2.05) is 20.8 Å². The number of nitrogens with one attached hydrogen (secondary N) is 2. The van der Waals surface area contributed by atoms with Crippen LogP contribution in [0.15, 0.2) is 33.9 Å². The molecule has 9 heteroatoms. The Kier molecular flexibility index (Phi) is 6.28. The second-order valence-electron chi connectivity index (χ2n) is 8.58. The molecule has 0 unspecified atom stereocenters. The van der Waals surface area contributed by atoms with Crippen LogP contribution in [0.2, 0.25) is 0 Å². The van der Waals surface area contributed by atoms with Crippen molar-refractivity contribution < 1.29 is 14.3 Å². The summed E-state index contributed by atoms with van der Waals surface area (Å²) in [6.07, 6.45) is 1.04. The summed E-state index contributed by atoms with van der Waals surface area (Å²) in [5.74, 6) is 0.0337. The Bertz CT molecular complexity index is 1040. The van der Waals surface area contributed by atoms with Crippen molar-refractivity contribution in [1.29, 1.82) is 0 Å². The molecule has 2 N–H and O–H groups in total. The van der Waals surface area contributed by atoms with Crippen LogP contribution >= 0.6 is 0 Å². The van der Waals surface area contributed by atoms with Crippen LogP contribution in [0, 0.1) is 5.92 Å². The fourth-order valence-electron chi connectivity index (χ4n) is 3.52. The van der Waals surface area contributed by atoms with Crippen molar-refractivity contribution in [3.05, 3.63) is 45.0 Å². The Balaban J connectivity index is 1.54. The Morgan fingerprint density at radius 3 is 2.40 bits per heavy atom. The van der Waals surface area contributed by atoms with Gasteiger partial charge in [-0.2, -0.15) is 0 Å². The number of amides is 2. The summed E-state index contributed by atoms with van der Waals surface area (Å²) in [6, 6.07) is 6.54. The van der Waals surface area contributed by atoms with E-state index in [2.05, 4.69) is 10.4 Å². The molecule has 1 aliphatic rings. The van der Waals surface area contributed by atoms with E-state index < -0.39 is 22.8 Å². The van der Waals surface area contributed by atoms with Gasteiger partial charge in [-0.15, -0.1) is 0 Å². The molecule has 0 aliphatic carbocycles. The maximum atomic E-state index is 12.7. The van der Waals surface area contributed by atoms with Crippen molar-refractivity contribution in [2.24, 2.45) is 5.92 Å². The molecule has 2 heterocycles. The topological polar surface area (TPSA) is 114 Å². The Labute approximate surface area is 174 Å². The summed E-state index contributed by atoms with van der Waals surface area (Å²) >= 11 is 0. The van der Waals surface area contributed by atoms with Crippen LogP contribution < -0.4 is 16.4 Å². The number of piperidine rings is 1. The van der Waals surface area contributed by atoms with Gasteiger partial charge in [-0.1, -0.05) is 12.1 Å². The Morgan fingerprint density at radius 2 is 1.77 bits per heavy atom. The molecule has 0 bridgehead atoms. The summed E-state index contributed by atoms with van der Waals surface area (Å²) < 4.78 is 6.30. The molecule has 1 aromatic carbocycles. The standard InChI is InChI=1S/C21H28N4O5/c1-21(2,3)30-20(29)22-12-14-8-10-24(11-9-14)17(26)13-25-19(28)16-7-5-4-6-15(16)18(27)23-25/h4-7,14H,8-13H2,1-3H3,(H,22,29)(H,23,27). The largest absolute Gasteiger partial charge is 0.444 e. The van der Waals surface area contributed by atoms with Gasteiger partial charge in [-0.25, -0.2) is 9.48 Å². The number of alkyl carbamates (subject to hydrolysis) is 1. The van der Waals surface area contributed by atoms with Gasteiger partial charge in [0.05, 0.1) is 10.8 Å². The average Bonchev–Trinajstić information content (AvgIpc) is 2.69. The lowest BCUT2D eigenvalue weighted by atomic mass is 9.97. The lowest BCUT2D eigenvalue weighted by molar-refractivity contribution is -0.133. The smallest absolute Gasteiger partial charge is 0.407 e. The molecule has 1 aromatic heterocycles. The molecule has 1 aliphatic heterocycles. The van der Waals surface area contributed by atoms with Crippen LogP contribution in [0.4, 0.5) is 4.79 Å². The minimum Gasteiger partial charge on any atom is -0.444 e. The Hall–Kier alpha value is -3.10. The van der Waals surface area contributed by atoms with Crippen molar-refractivity contribution >= 4 is 22.8 Å². The number of hydrogen-bond acceptors (Lipinski definition) is 5. The van der Waals surface area contributed by atoms with Gasteiger partial charge in [-0.3, -0.25) is 19.5 Å². The number of rotatable bonds is 4. The van der Waals surface area contributed by atoms with Gasteiger partial charge in [-0.05, 0) is 51.7 Å². The van der Waals surface area contributed by atoms with E-state index in [1.54, 1.807) is 29.2 Å². The first-order valence-electron chi connectivity index (χ1n) is 10.1. The quantitative estimate of drug-likeness (QED) is 0.783. The molecule has 0 radical (unpaired) electrons. The van der Waals surface area contributed by atoms with E-state index in [1.165, 1.54) is 0 Å². The highest BCUT2D eigenvalue weighted by Gasteiger charge is 2.24. The first-order chi connectivity index (χ1) is 14.1. The van der Waals surface area contributed by atoms with E-state index in [4.69, 9.17) is 4.74 Å². The molecule has 9 nitrogen and oxygen atoms in total. The highest BCUT2D eigenvalue weighted by molar-refractivity contribution is 5.81. The minimum absolute atomic E-state index is 0.209. The minimum atomic E-state index is -0.540. The monoisotopic (exact) mass is 416 g/mol. The summed E-state index contributed by atoms with van der Waals surface area (Å²) in [5.41, 5.74) is -1.33. The van der Waals surface area contributed by atoms with Crippen LogP contribution in [0.25, 0.3) is 10.8 Å². The molecule has 162 valence electrons. The molecule has 30 heavy (non-hydrogen) atoms. The molecular formula is C21H28N4O5. The number of carbonyl (C=O) groups excluding carboxylic acids is 2. The summed E-state index contributed by atoms with van der Waals surface area (Å²) in [7, 11) is 0. The number of aromatic nitrogens is 2. The van der Waals surface area contributed by atoms with E-state index in [0.717, 1.165) is 17.5 Å². The van der Waals surface area contributed by atoms with Crippen LogP contribution in [0.1, 0.15) is 33.6 Å². The van der Waals surface area contributed by atoms with Gasteiger partial charge < -0.3 is 15.0 Å². The van der Waals surface area contributed by atoms with Gasteiger partial charge in [0.25, 0.3) is 11.1 Å². The third-order valence-electron chi connectivity index (χ3n) is 5.08. The van der Waals surface area contributed by atoms with Gasteiger partial charge >= 0.3 is 6.09 Å². The highest BCUT2D eigenvalue weighted by Crippen LogP contribution is 2.17. The Morgan fingerprint density at radius 1 is 1.13 bits per heavy atom. The second-order valence-corrected chi connectivity index (χ2v) is 8.58. The molecule has 0 spiro atoms. The molecule has 2 aromatic rings. The highest BCUT2D eigenvalue weighted by atomic mass is 16.6. The number of nitrogens with zero attached hydrogens (tertiary/aromatic N) is 2. The summed E-state index contributed by atoms with van der Waals surface area (Å²) in [6.45, 7) is 6.78. The molecular weight excluding hydrogens is 388 g/mol. The number of benzene rings is 1. The SMILES string of the molecule is CC(C)(C)OC(=O)NCC1CCN(C(=O)Cn2[nH]c(=O)c3ccccc3c2=O)CC1. The zero-order valence-corrected chi connectivity index (χ0v) is 17.6. The van der Waals surface area contributed by atoms with Crippen molar-refractivity contribution in [2.75, 3.05) is 19.6 Å². The number of ether oxygens (including phenoxy) is 1. The molecule has 2 amide bonds. The second kappa shape index (κ2) is 8.73. The van der Waals surface area contributed by atoms with Crippen LogP contribution in [0.3, 0.4) is 0 Å². The van der Waals surface area contributed by atoms with Crippen molar-refractivity contribution in [3.8, 4) is 0 Å². The molecule has 1 saturated heterocycles. The molecule has 3 rings (SSSR count). The molecule has 0 atom stereocenters. The number of aromatic amines is 1. The summed E-state index contributed by atoms with van der Waals surface area (Å²) in [5, 5.41) is 5.86. The maximum absolute atomic E-state index is 12.7. The summed E-state index contributed by atoms with van der Waals surface area (Å²) in [4.78, 5) is 50.9. The normalized spacial score (nSPS) is 15.2. The number of hydrogen-bond donors (Lipinski definition) is 2. The molecule has 0 saturated carbocycles. The van der Waals surface area contributed by atoms with Gasteiger partial charge in [0.1, 0.15) is 12.1 Å². The lowest BCUT2D eigenvalue weighted by Crippen LogP contribution is -2.45. The van der Waals surface area contributed by atoms with Crippen LogP contribution in [0.5, 0.6) is 0 Å². The van der Waals surface area contributed by atoms with E-state index in [-0.39, 0.29) is 18.4 Å². The lowest BCUT2D eigenvalue weighted by Gasteiger charge is -2.32. The van der Waals surface area contributed by atoms with E-state index in [0.29, 0.717) is 30.4 Å². The first-order valence-corrected chi connectivity index (χ1v) is 10.1. The van der Waals surface area contributed by atoms with Gasteiger partial charge in [0.15, 0.2) is 0 Å². The van der Waals surface area contributed by atoms with Crippen molar-refractivity contribution in [2.45, 2.75) is 45.8 Å². The fourth-order valence-corrected chi connectivity index (χ4v) is 3.52. The maximum Gasteiger partial charge on any atom is 0.407 e. The number of likely N-dealkylation sites (tertiary alicyclic amines) is 1. The average molecular weight is 416 g/mol. The van der Waals surface area contributed by atoms with Crippen molar-refractivity contribution in [3.63, 3.8) is 0 Å². The van der Waals surface area contributed by atoms with Gasteiger partial charge in [0.2, 0.25) is 5.91 Å². The third-order valence-corrected chi connectivity index (χ3v) is 5.08. The number of H-pyrrole nitrogens is 1. The van der Waals surface area contributed by atoms with Gasteiger partial charge in [0, 0.05) is 19.6 Å². The third kappa shape index (κ3) is 5.28. The predicted octanol–water partition coefficient (Wildman–Crippen LogP) is 1.45. The number of carbonyl (C=O) groups is 2. The van der Waals surface area contributed by atoms with E-state index in [9.17, 15) is 19.2 Å². The van der Waals surface area contributed by atoms with Crippen LogP contribution in [-0.2, 0) is 16.1 Å². The predicted molar refractivity (Wildman–Crippen MR) is 112 cm³/mol. The number of fused-ring (bicyclic) bond motifs is 1. The zero-order valence-electron chi connectivity index (χ0n) is 17.6. The first kappa shape index (κ1) is 21.6. The molecule has 1 fully saturated rings. The van der Waals surface area contributed by atoms with Crippen molar-refractivity contribution in [1.82, 2.24) is 20.0 Å². The fraction of sp³-hybridized carbons (Fsp3) is 0.524.